The summed E-state index contributed by atoms with van der Waals surface area (Å²) in [6, 6.07) is 5.92. The monoisotopic (exact) mass is 276 g/mol. The highest BCUT2D eigenvalue weighted by Crippen LogP contribution is 2.25. The van der Waals surface area contributed by atoms with Crippen molar-refractivity contribution in [2.45, 2.75) is 26.2 Å². The smallest absolute Gasteiger partial charge is 0.251 e. The third kappa shape index (κ3) is 2.87. The maximum atomic E-state index is 13.7. The number of ether oxygens (including phenoxy) is 1. The summed E-state index contributed by atoms with van der Waals surface area (Å²) in [5.41, 5.74) is 0.656. The number of hydrogen-bond donors (Lipinski definition) is 1. The zero-order chi connectivity index (χ0) is 14.9. The molecular weight excluding hydrogens is 259 g/mol. The molecule has 1 N–H and O–H groups in total. The molecule has 0 atom stereocenters. The highest BCUT2D eigenvalue weighted by Gasteiger charge is 2.18. The van der Waals surface area contributed by atoms with Crippen LogP contribution in [0.25, 0.3) is 11.4 Å². The third-order valence-corrected chi connectivity index (χ3v) is 2.94. The molecule has 1 heterocycles. The molecule has 0 aliphatic rings. The molecule has 1 aromatic carbocycles. The maximum Gasteiger partial charge on any atom is 0.251 e. The summed E-state index contributed by atoms with van der Waals surface area (Å²) in [7, 11) is 1.40. The number of H-pyrrole nitrogens is 1. The Hall–Kier alpha value is -2.17. The Morgan fingerprint density at radius 3 is 2.50 bits per heavy atom. The molecule has 0 saturated heterocycles. The minimum Gasteiger partial charge on any atom is -0.494 e. The van der Waals surface area contributed by atoms with Crippen molar-refractivity contribution in [3.05, 3.63) is 46.1 Å². The van der Waals surface area contributed by atoms with Crippen LogP contribution in [0, 0.1) is 5.82 Å². The number of hydrogen-bond acceptors (Lipinski definition) is 3. The fourth-order valence-corrected chi connectivity index (χ4v) is 1.79. The van der Waals surface area contributed by atoms with Crippen molar-refractivity contribution >= 4 is 0 Å². The van der Waals surface area contributed by atoms with Gasteiger partial charge in [0.15, 0.2) is 11.6 Å². The summed E-state index contributed by atoms with van der Waals surface area (Å²) < 4.78 is 18.6. The van der Waals surface area contributed by atoms with Crippen LogP contribution in [0.1, 0.15) is 26.5 Å². The molecule has 0 aliphatic carbocycles. The Morgan fingerprint density at radius 1 is 1.25 bits per heavy atom. The Labute approximate surface area is 116 Å². The third-order valence-electron chi connectivity index (χ3n) is 2.94. The normalized spacial score (nSPS) is 11.4. The van der Waals surface area contributed by atoms with Crippen molar-refractivity contribution in [1.82, 2.24) is 9.97 Å². The summed E-state index contributed by atoms with van der Waals surface area (Å²) in [5.74, 6) is 0.0147. The Bertz CT molecular complexity index is 687. The number of nitrogens with zero attached hydrogens (tertiary/aromatic N) is 1. The molecule has 0 spiro atoms. The van der Waals surface area contributed by atoms with E-state index in [-0.39, 0.29) is 16.7 Å². The van der Waals surface area contributed by atoms with E-state index in [0.29, 0.717) is 17.1 Å². The quantitative estimate of drug-likeness (QED) is 0.917. The summed E-state index contributed by atoms with van der Waals surface area (Å²) in [4.78, 5) is 18.8. The Morgan fingerprint density at radius 2 is 1.95 bits per heavy atom. The van der Waals surface area contributed by atoms with Crippen LogP contribution in [0.3, 0.4) is 0 Å². The van der Waals surface area contributed by atoms with Gasteiger partial charge in [-0.2, -0.15) is 0 Å². The van der Waals surface area contributed by atoms with Crippen LogP contribution >= 0.6 is 0 Å². The van der Waals surface area contributed by atoms with Gasteiger partial charge in [-0.15, -0.1) is 0 Å². The van der Waals surface area contributed by atoms with Gasteiger partial charge in [0.05, 0.1) is 12.8 Å². The van der Waals surface area contributed by atoms with E-state index in [4.69, 9.17) is 4.74 Å². The molecule has 4 nitrogen and oxygen atoms in total. The molecule has 2 aromatic rings. The van der Waals surface area contributed by atoms with Crippen molar-refractivity contribution in [2.75, 3.05) is 7.11 Å². The van der Waals surface area contributed by atoms with Crippen LogP contribution in [0.15, 0.2) is 29.1 Å². The molecule has 2 rings (SSSR count). The molecule has 0 fully saturated rings. The van der Waals surface area contributed by atoms with Gasteiger partial charge in [-0.1, -0.05) is 20.8 Å². The first-order chi connectivity index (χ1) is 9.31. The molecular formula is C15H17FN2O2. The predicted molar refractivity (Wildman–Crippen MR) is 75.5 cm³/mol. The average Bonchev–Trinajstić information content (AvgIpc) is 2.37. The number of aromatic nitrogens is 2. The highest BCUT2D eigenvalue weighted by atomic mass is 19.1. The molecule has 1 aromatic heterocycles. The van der Waals surface area contributed by atoms with Crippen LogP contribution in [0.4, 0.5) is 4.39 Å². The number of nitrogens with one attached hydrogen (secondary N) is 1. The molecule has 0 unspecified atom stereocenters. The largest absolute Gasteiger partial charge is 0.494 e. The molecule has 0 amide bonds. The van der Waals surface area contributed by atoms with Crippen LogP contribution in [-0.4, -0.2) is 17.1 Å². The lowest BCUT2D eigenvalue weighted by molar-refractivity contribution is 0.386. The SMILES string of the molecule is COc1ccc(-c2nc(C(C)(C)C)cc(=O)[nH]2)cc1F. The summed E-state index contributed by atoms with van der Waals surface area (Å²) in [6.45, 7) is 5.90. The second-order valence-corrected chi connectivity index (χ2v) is 5.58. The summed E-state index contributed by atoms with van der Waals surface area (Å²) in [5, 5.41) is 0. The Balaban J connectivity index is 2.56. The second-order valence-electron chi connectivity index (χ2n) is 5.58. The number of methoxy groups -OCH3 is 1. The van der Waals surface area contributed by atoms with Crippen LogP contribution < -0.4 is 10.3 Å². The standard InChI is InChI=1S/C15H17FN2O2/c1-15(2,3)12-8-13(19)18-14(17-12)9-5-6-11(20-4)10(16)7-9/h5-8H,1-4H3,(H,17,18,19). The topological polar surface area (TPSA) is 55.0 Å². The lowest BCUT2D eigenvalue weighted by Crippen LogP contribution is -2.19. The number of benzene rings is 1. The zero-order valence-corrected chi connectivity index (χ0v) is 12.0. The van der Waals surface area contributed by atoms with Crippen LogP contribution in [0.2, 0.25) is 0 Å². The first kappa shape index (κ1) is 14.2. The van der Waals surface area contributed by atoms with Gasteiger partial charge >= 0.3 is 0 Å². The van der Waals surface area contributed by atoms with Crippen molar-refractivity contribution in [3.63, 3.8) is 0 Å². The fraction of sp³-hybridized carbons (Fsp3) is 0.333. The van der Waals surface area contributed by atoms with E-state index in [1.165, 1.54) is 25.3 Å². The molecule has 20 heavy (non-hydrogen) atoms. The lowest BCUT2D eigenvalue weighted by Gasteiger charge is -2.18. The minimum atomic E-state index is -0.492. The van der Waals surface area contributed by atoms with E-state index in [2.05, 4.69) is 9.97 Å². The van der Waals surface area contributed by atoms with Crippen molar-refractivity contribution in [2.24, 2.45) is 0 Å². The van der Waals surface area contributed by atoms with E-state index >= 15 is 0 Å². The van der Waals surface area contributed by atoms with Crippen molar-refractivity contribution < 1.29 is 9.13 Å². The van der Waals surface area contributed by atoms with Gasteiger partial charge in [-0.05, 0) is 18.2 Å². The molecule has 0 radical (unpaired) electrons. The zero-order valence-electron chi connectivity index (χ0n) is 12.0. The van der Waals surface area contributed by atoms with Crippen molar-refractivity contribution in [3.8, 4) is 17.1 Å². The van der Waals surface area contributed by atoms with Gasteiger partial charge in [0, 0.05) is 17.0 Å². The molecule has 0 aliphatic heterocycles. The van der Waals surface area contributed by atoms with E-state index in [0.717, 1.165) is 0 Å². The summed E-state index contributed by atoms with van der Waals surface area (Å²) in [6.07, 6.45) is 0. The first-order valence-corrected chi connectivity index (χ1v) is 6.27. The predicted octanol–water partition coefficient (Wildman–Crippen LogP) is 2.88. The van der Waals surface area contributed by atoms with E-state index in [1.54, 1.807) is 6.07 Å². The second kappa shape index (κ2) is 5.07. The number of aromatic amines is 1. The lowest BCUT2D eigenvalue weighted by atomic mass is 9.92. The van der Waals surface area contributed by atoms with Crippen LogP contribution in [-0.2, 0) is 5.41 Å². The van der Waals surface area contributed by atoms with Gasteiger partial charge in [0.25, 0.3) is 5.56 Å². The van der Waals surface area contributed by atoms with Gasteiger partial charge in [-0.3, -0.25) is 4.79 Å². The fourth-order valence-electron chi connectivity index (χ4n) is 1.79. The molecule has 5 heteroatoms. The van der Waals surface area contributed by atoms with Crippen molar-refractivity contribution in [1.29, 1.82) is 0 Å². The molecule has 106 valence electrons. The van der Waals surface area contributed by atoms with Gasteiger partial charge in [0.1, 0.15) is 5.82 Å². The highest BCUT2D eigenvalue weighted by molar-refractivity contribution is 5.56. The molecule has 0 saturated carbocycles. The van der Waals surface area contributed by atoms with Gasteiger partial charge < -0.3 is 9.72 Å². The maximum absolute atomic E-state index is 13.7. The van der Waals surface area contributed by atoms with E-state index in [1.807, 2.05) is 20.8 Å². The van der Waals surface area contributed by atoms with Crippen LogP contribution in [0.5, 0.6) is 5.75 Å². The van der Waals surface area contributed by atoms with E-state index in [9.17, 15) is 9.18 Å². The van der Waals surface area contributed by atoms with E-state index < -0.39 is 5.82 Å². The Kier molecular flexibility index (Phi) is 3.61. The average molecular weight is 276 g/mol. The first-order valence-electron chi connectivity index (χ1n) is 6.27. The van der Waals surface area contributed by atoms with Gasteiger partial charge in [-0.25, -0.2) is 9.37 Å². The van der Waals surface area contributed by atoms with Gasteiger partial charge in [0.2, 0.25) is 0 Å². The minimum absolute atomic E-state index is 0.156. The summed E-state index contributed by atoms with van der Waals surface area (Å²) >= 11 is 0. The molecule has 0 bridgehead atoms. The number of halogens is 1. The number of rotatable bonds is 2.